The third-order valence-corrected chi connectivity index (χ3v) is 5.98. The number of aromatic amines is 1. The zero-order chi connectivity index (χ0) is 22.6. The van der Waals surface area contributed by atoms with E-state index in [0.29, 0.717) is 11.5 Å². The van der Waals surface area contributed by atoms with Crippen molar-refractivity contribution in [1.82, 2.24) is 10.2 Å². The summed E-state index contributed by atoms with van der Waals surface area (Å²) in [7, 11) is 0. The lowest BCUT2D eigenvalue weighted by Crippen LogP contribution is -1.95. The van der Waals surface area contributed by atoms with Crippen molar-refractivity contribution in [2.45, 2.75) is 19.8 Å². The topological polar surface area (TPSA) is 50.3 Å². The number of H-pyrrole nitrogens is 1. The van der Waals surface area contributed by atoms with E-state index in [4.69, 9.17) is 17.1 Å². The van der Waals surface area contributed by atoms with Crippen molar-refractivity contribution >= 4 is 51.1 Å². The number of rotatable bonds is 6. The molecule has 0 atom stereocenters. The highest BCUT2D eigenvalue weighted by atomic mass is 32.1. The summed E-state index contributed by atoms with van der Waals surface area (Å²) in [5.74, 6) is 0. The van der Waals surface area contributed by atoms with E-state index in [0.717, 1.165) is 28.6 Å². The van der Waals surface area contributed by atoms with Crippen molar-refractivity contribution < 1.29 is 4.84 Å². The van der Waals surface area contributed by atoms with E-state index in [2.05, 4.69) is 95.1 Å². The van der Waals surface area contributed by atoms with Gasteiger partial charge in [0.15, 0.2) is 0 Å². The van der Waals surface area contributed by atoms with Crippen LogP contribution in [-0.2, 0) is 4.84 Å². The predicted octanol–water partition coefficient (Wildman–Crippen LogP) is 7.05. The second kappa shape index (κ2) is 9.35. The smallest absolute Gasteiger partial charge is 0.204 e. The molecule has 0 radical (unpaired) electrons. The highest BCUT2D eigenvalue weighted by Gasteiger charge is 2.14. The largest absolute Gasteiger partial charge is 0.349 e. The van der Waals surface area contributed by atoms with Gasteiger partial charge in [0.2, 0.25) is 5.05 Å². The third-order valence-electron chi connectivity index (χ3n) is 5.76. The Morgan fingerprint density at radius 2 is 1.76 bits per heavy atom. The zero-order valence-corrected chi connectivity index (χ0v) is 19.1. The first-order valence-electron chi connectivity index (χ1n) is 11.0. The molecule has 0 saturated heterocycles. The molecule has 0 aliphatic carbocycles. The second-order valence-corrected chi connectivity index (χ2v) is 8.38. The maximum Gasteiger partial charge on any atom is 0.204 e. The first kappa shape index (κ1) is 21.0. The Morgan fingerprint density at radius 3 is 2.48 bits per heavy atom. The van der Waals surface area contributed by atoms with Crippen LogP contribution in [0.3, 0.4) is 0 Å². The Labute approximate surface area is 198 Å². The first-order chi connectivity index (χ1) is 16.2. The minimum Gasteiger partial charge on any atom is -0.349 e. The number of fused-ring (bicyclic) bond motifs is 1. The number of aromatic nitrogens is 2. The van der Waals surface area contributed by atoms with Crippen LogP contribution >= 0.6 is 12.2 Å². The van der Waals surface area contributed by atoms with Gasteiger partial charge in [0.05, 0.1) is 23.8 Å². The SMILES string of the molecule is CC/C(=C(/c1ccc(/C=C/C2=NOC(=S)C2)cc1)c1ccc2[nH]ncc2c1)c1ccccc1. The Morgan fingerprint density at radius 1 is 0.970 bits per heavy atom. The van der Waals surface area contributed by atoms with Gasteiger partial charge >= 0.3 is 0 Å². The van der Waals surface area contributed by atoms with Gasteiger partial charge in [0.1, 0.15) is 0 Å². The van der Waals surface area contributed by atoms with Gasteiger partial charge in [-0.2, -0.15) is 5.10 Å². The number of hydrogen-bond acceptors (Lipinski definition) is 4. The van der Waals surface area contributed by atoms with Crippen LogP contribution in [0.25, 0.3) is 28.1 Å². The van der Waals surface area contributed by atoms with Crippen molar-refractivity contribution in [1.29, 1.82) is 0 Å². The average Bonchev–Trinajstić information content (AvgIpc) is 3.50. The lowest BCUT2D eigenvalue weighted by atomic mass is 9.87. The number of nitrogens with one attached hydrogen (secondary N) is 1. The number of hydrogen-bond donors (Lipinski definition) is 1. The lowest BCUT2D eigenvalue weighted by Gasteiger charge is -2.17. The maximum atomic E-state index is 5.04. The number of oxime groups is 1. The number of nitrogens with zero attached hydrogens (tertiary/aromatic N) is 2. The summed E-state index contributed by atoms with van der Waals surface area (Å²) < 4.78 is 0. The van der Waals surface area contributed by atoms with E-state index in [-0.39, 0.29) is 0 Å². The molecule has 0 fully saturated rings. The van der Waals surface area contributed by atoms with Crippen molar-refractivity contribution in [2.75, 3.05) is 0 Å². The van der Waals surface area contributed by atoms with Gasteiger partial charge in [0, 0.05) is 5.39 Å². The quantitative estimate of drug-likeness (QED) is 0.253. The lowest BCUT2D eigenvalue weighted by molar-refractivity contribution is 0.348. The first-order valence-corrected chi connectivity index (χ1v) is 11.4. The molecular weight excluding hydrogens is 426 g/mol. The molecule has 0 spiro atoms. The Hall–Kier alpha value is -3.83. The molecule has 0 saturated carbocycles. The van der Waals surface area contributed by atoms with Crippen LogP contribution < -0.4 is 0 Å². The zero-order valence-electron chi connectivity index (χ0n) is 18.3. The molecular formula is C28H23N3OS. The molecule has 4 nitrogen and oxygen atoms in total. The van der Waals surface area contributed by atoms with Gasteiger partial charge in [-0.05, 0) is 70.2 Å². The molecule has 33 heavy (non-hydrogen) atoms. The van der Waals surface area contributed by atoms with E-state index in [1.165, 1.54) is 27.8 Å². The highest BCUT2D eigenvalue weighted by Crippen LogP contribution is 2.35. The molecule has 0 unspecified atom stereocenters. The molecule has 1 N–H and O–H groups in total. The van der Waals surface area contributed by atoms with E-state index in [1.54, 1.807) is 0 Å². The van der Waals surface area contributed by atoms with E-state index in [9.17, 15) is 0 Å². The maximum absolute atomic E-state index is 5.04. The fourth-order valence-corrected chi connectivity index (χ4v) is 4.33. The van der Waals surface area contributed by atoms with Crippen LogP contribution in [0.15, 0.2) is 90.2 Å². The van der Waals surface area contributed by atoms with Crippen LogP contribution in [0.4, 0.5) is 0 Å². The summed E-state index contributed by atoms with van der Waals surface area (Å²) in [6.45, 7) is 2.21. The Bertz CT molecular complexity index is 1400. The Kier molecular flexibility index (Phi) is 5.96. The molecule has 1 aliphatic heterocycles. The van der Waals surface area contributed by atoms with Gasteiger partial charge in [0.25, 0.3) is 0 Å². The molecule has 1 aromatic heterocycles. The fraction of sp³-hybridized carbons (Fsp3) is 0.107. The molecule has 1 aliphatic rings. The summed E-state index contributed by atoms with van der Waals surface area (Å²) in [6.07, 6.45) is 7.38. The molecule has 5 heteroatoms. The fourth-order valence-electron chi connectivity index (χ4n) is 4.14. The summed E-state index contributed by atoms with van der Waals surface area (Å²) >= 11 is 5.04. The van der Waals surface area contributed by atoms with Crippen molar-refractivity contribution in [3.63, 3.8) is 0 Å². The number of thiocarbonyl (C=S) groups is 1. The molecule has 3 aromatic carbocycles. The number of allylic oxidation sites excluding steroid dienone is 2. The molecule has 0 bridgehead atoms. The summed E-state index contributed by atoms with van der Waals surface area (Å²) in [5, 5.41) is 12.8. The van der Waals surface area contributed by atoms with Gasteiger partial charge in [-0.25, -0.2) is 0 Å². The van der Waals surface area contributed by atoms with E-state index in [1.807, 2.05) is 18.3 Å². The molecule has 0 amide bonds. The van der Waals surface area contributed by atoms with E-state index >= 15 is 0 Å². The van der Waals surface area contributed by atoms with Gasteiger partial charge in [-0.15, -0.1) is 0 Å². The molecule has 4 aromatic rings. The van der Waals surface area contributed by atoms with Crippen LogP contribution in [0, 0.1) is 0 Å². The van der Waals surface area contributed by atoms with Crippen LogP contribution in [0.2, 0.25) is 0 Å². The molecule has 5 rings (SSSR count). The van der Waals surface area contributed by atoms with E-state index < -0.39 is 0 Å². The standard InChI is InChI=1S/C28H23N3OS/c1-2-25(20-6-4-3-5-7-20)28(22-13-15-26-23(16-22)18-29-30-26)21-11-8-19(9-12-21)10-14-24-17-27(33)32-31-24/h3-16,18H,2,17H2,1H3,(H,29,30)/b14-10+,28-25+. The summed E-state index contributed by atoms with van der Waals surface area (Å²) in [6, 6.07) is 25.7. The molecule has 2 heterocycles. The van der Waals surface area contributed by atoms with Crippen LogP contribution in [-0.4, -0.2) is 21.0 Å². The van der Waals surface area contributed by atoms with Crippen molar-refractivity contribution in [2.24, 2.45) is 5.16 Å². The minimum atomic E-state index is 0.516. The van der Waals surface area contributed by atoms with Crippen LogP contribution in [0.1, 0.15) is 42.0 Å². The van der Waals surface area contributed by atoms with Gasteiger partial charge in [-0.3, -0.25) is 5.10 Å². The Balaban J connectivity index is 1.57. The van der Waals surface area contributed by atoms with Crippen molar-refractivity contribution in [3.8, 4) is 0 Å². The third kappa shape index (κ3) is 4.54. The van der Waals surface area contributed by atoms with Crippen LogP contribution in [0.5, 0.6) is 0 Å². The summed E-state index contributed by atoms with van der Waals surface area (Å²) in [4.78, 5) is 5.01. The normalized spacial score (nSPS) is 14.5. The second-order valence-electron chi connectivity index (χ2n) is 7.92. The van der Waals surface area contributed by atoms with Gasteiger partial charge in [-0.1, -0.05) is 78.8 Å². The number of benzene rings is 3. The predicted molar refractivity (Wildman–Crippen MR) is 140 cm³/mol. The average molecular weight is 450 g/mol. The van der Waals surface area contributed by atoms with Crippen molar-refractivity contribution in [3.05, 3.63) is 107 Å². The van der Waals surface area contributed by atoms with Gasteiger partial charge < -0.3 is 4.84 Å². The highest BCUT2D eigenvalue weighted by molar-refractivity contribution is 7.80. The molecule has 162 valence electrons. The summed E-state index contributed by atoms with van der Waals surface area (Å²) in [5.41, 5.74) is 9.12. The minimum absolute atomic E-state index is 0.516. The monoisotopic (exact) mass is 449 g/mol.